The molecule has 1 saturated heterocycles. The molecular formula is C14H16FNO3S. The van der Waals surface area contributed by atoms with E-state index in [0.29, 0.717) is 12.0 Å². The molecule has 1 aromatic carbocycles. The van der Waals surface area contributed by atoms with Crippen molar-refractivity contribution in [1.29, 1.82) is 0 Å². The van der Waals surface area contributed by atoms with Crippen LogP contribution < -0.4 is 0 Å². The fourth-order valence-electron chi connectivity index (χ4n) is 2.72. The monoisotopic (exact) mass is 297 g/mol. The van der Waals surface area contributed by atoms with Crippen molar-refractivity contribution in [3.63, 3.8) is 0 Å². The molecular weight excluding hydrogens is 281 g/mol. The minimum Gasteiger partial charge on any atom is -0.332 e. The molecule has 1 amide bonds. The fourth-order valence-corrected chi connectivity index (χ4v) is 4.43. The van der Waals surface area contributed by atoms with E-state index < -0.39 is 9.84 Å². The Morgan fingerprint density at radius 2 is 1.75 bits per heavy atom. The summed E-state index contributed by atoms with van der Waals surface area (Å²) in [5.74, 6) is -0.369. The summed E-state index contributed by atoms with van der Waals surface area (Å²) in [6, 6.07) is 5.33. The summed E-state index contributed by atoms with van der Waals surface area (Å²) in [7, 11) is -3.02. The molecule has 4 nitrogen and oxygen atoms in total. The van der Waals surface area contributed by atoms with E-state index in [-0.39, 0.29) is 35.3 Å². The zero-order valence-electron chi connectivity index (χ0n) is 11.0. The minimum atomic E-state index is -3.02. The van der Waals surface area contributed by atoms with Crippen LogP contribution in [0.3, 0.4) is 0 Å². The van der Waals surface area contributed by atoms with Gasteiger partial charge in [-0.15, -0.1) is 0 Å². The third-order valence-electron chi connectivity index (χ3n) is 3.87. The van der Waals surface area contributed by atoms with Crippen LogP contribution >= 0.6 is 0 Å². The Morgan fingerprint density at radius 3 is 2.25 bits per heavy atom. The average Bonchev–Trinajstić information content (AvgIpc) is 3.15. The van der Waals surface area contributed by atoms with Gasteiger partial charge in [0.25, 0.3) is 5.91 Å². The lowest BCUT2D eigenvalue weighted by atomic mass is 10.1. The van der Waals surface area contributed by atoms with Crippen molar-refractivity contribution in [3.05, 3.63) is 35.6 Å². The van der Waals surface area contributed by atoms with Gasteiger partial charge in [-0.05, 0) is 43.5 Å². The molecule has 108 valence electrons. The van der Waals surface area contributed by atoms with E-state index in [2.05, 4.69) is 0 Å². The lowest BCUT2D eigenvalue weighted by molar-refractivity contribution is 0.0681. The van der Waals surface area contributed by atoms with Crippen LogP contribution in [-0.2, 0) is 9.84 Å². The van der Waals surface area contributed by atoms with Gasteiger partial charge < -0.3 is 4.90 Å². The second-order valence-electron chi connectivity index (χ2n) is 5.51. The lowest BCUT2D eigenvalue weighted by Gasteiger charge is -2.28. The molecule has 6 heteroatoms. The molecule has 20 heavy (non-hydrogen) atoms. The first kappa shape index (κ1) is 13.5. The summed E-state index contributed by atoms with van der Waals surface area (Å²) in [5, 5.41) is 0. The topological polar surface area (TPSA) is 54.5 Å². The van der Waals surface area contributed by atoms with Crippen LogP contribution in [-0.4, -0.2) is 42.8 Å². The summed E-state index contributed by atoms with van der Waals surface area (Å²) in [4.78, 5) is 14.3. The molecule has 0 radical (unpaired) electrons. The zero-order valence-corrected chi connectivity index (χ0v) is 11.8. The molecule has 0 bridgehead atoms. The number of carbonyl (C=O) groups excluding carboxylic acids is 1. The maximum atomic E-state index is 12.9. The Balaban J connectivity index is 1.84. The number of amides is 1. The Hall–Kier alpha value is -1.43. The van der Waals surface area contributed by atoms with Gasteiger partial charge in [0.2, 0.25) is 0 Å². The smallest absolute Gasteiger partial charge is 0.254 e. The molecule has 2 aliphatic rings. The lowest BCUT2D eigenvalue weighted by Crippen LogP contribution is -2.42. The number of nitrogens with zero attached hydrogens (tertiary/aromatic N) is 1. The van der Waals surface area contributed by atoms with Crippen molar-refractivity contribution in [3.8, 4) is 0 Å². The fraction of sp³-hybridized carbons (Fsp3) is 0.500. The van der Waals surface area contributed by atoms with Gasteiger partial charge in [0.1, 0.15) is 5.82 Å². The highest BCUT2D eigenvalue weighted by atomic mass is 32.2. The SMILES string of the molecule is O=C(c1ccc(F)cc1)N(C1CC1)C1CCS(=O)(=O)C1. The van der Waals surface area contributed by atoms with E-state index in [1.54, 1.807) is 4.90 Å². The predicted octanol–water partition coefficient (Wildman–Crippen LogP) is 1.62. The molecule has 0 spiro atoms. The van der Waals surface area contributed by atoms with E-state index in [1.807, 2.05) is 0 Å². The third-order valence-corrected chi connectivity index (χ3v) is 5.62. The zero-order chi connectivity index (χ0) is 14.3. The molecule has 0 N–H and O–H groups in total. The maximum absolute atomic E-state index is 12.9. The van der Waals surface area contributed by atoms with Crippen molar-refractivity contribution in [1.82, 2.24) is 4.90 Å². The Labute approximate surface area is 117 Å². The summed E-state index contributed by atoms with van der Waals surface area (Å²) in [6.07, 6.45) is 2.35. The van der Waals surface area contributed by atoms with Gasteiger partial charge in [0.15, 0.2) is 9.84 Å². The summed E-state index contributed by atoms with van der Waals surface area (Å²) < 4.78 is 36.1. The molecule has 2 fully saturated rings. The number of halogens is 1. The second kappa shape index (κ2) is 4.84. The van der Waals surface area contributed by atoms with Crippen LogP contribution in [0.5, 0.6) is 0 Å². The van der Waals surface area contributed by atoms with Crippen molar-refractivity contribution in [2.75, 3.05) is 11.5 Å². The number of rotatable bonds is 3. The minimum absolute atomic E-state index is 0.0520. The van der Waals surface area contributed by atoms with Crippen molar-refractivity contribution < 1.29 is 17.6 Å². The van der Waals surface area contributed by atoms with Gasteiger partial charge in [-0.25, -0.2) is 12.8 Å². The van der Waals surface area contributed by atoms with Crippen molar-refractivity contribution >= 4 is 15.7 Å². The number of hydrogen-bond donors (Lipinski definition) is 0. The first-order valence-corrected chi connectivity index (χ1v) is 8.57. The first-order valence-electron chi connectivity index (χ1n) is 6.75. The van der Waals surface area contributed by atoms with Crippen LogP contribution in [0.2, 0.25) is 0 Å². The number of benzene rings is 1. The molecule has 1 atom stereocenters. The molecule has 1 heterocycles. The second-order valence-corrected chi connectivity index (χ2v) is 7.74. The van der Waals surface area contributed by atoms with Crippen LogP contribution in [0.1, 0.15) is 29.6 Å². The highest BCUT2D eigenvalue weighted by Crippen LogP contribution is 2.33. The largest absolute Gasteiger partial charge is 0.332 e. The highest BCUT2D eigenvalue weighted by molar-refractivity contribution is 7.91. The maximum Gasteiger partial charge on any atom is 0.254 e. The third kappa shape index (κ3) is 2.70. The Kier molecular flexibility index (Phi) is 3.28. The van der Waals surface area contributed by atoms with Gasteiger partial charge >= 0.3 is 0 Å². The summed E-state index contributed by atoms with van der Waals surface area (Å²) in [6.45, 7) is 0. The van der Waals surface area contributed by atoms with E-state index in [4.69, 9.17) is 0 Å². The Morgan fingerprint density at radius 1 is 1.10 bits per heavy atom. The highest BCUT2D eigenvalue weighted by Gasteiger charge is 2.42. The van der Waals surface area contributed by atoms with Gasteiger partial charge in [0.05, 0.1) is 11.5 Å². The van der Waals surface area contributed by atoms with E-state index in [9.17, 15) is 17.6 Å². The number of sulfone groups is 1. The van der Waals surface area contributed by atoms with Gasteiger partial charge in [-0.3, -0.25) is 4.79 Å². The first-order chi connectivity index (χ1) is 9.46. The standard InChI is InChI=1S/C14H16FNO3S/c15-11-3-1-10(2-4-11)14(17)16(12-5-6-12)13-7-8-20(18,19)9-13/h1-4,12-13H,5-9H2. The molecule has 1 aliphatic carbocycles. The molecule has 0 aromatic heterocycles. The van der Waals surface area contributed by atoms with Gasteiger partial charge in [-0.1, -0.05) is 0 Å². The van der Waals surface area contributed by atoms with Crippen LogP contribution in [0.4, 0.5) is 4.39 Å². The van der Waals surface area contributed by atoms with Crippen LogP contribution in [0.15, 0.2) is 24.3 Å². The molecule has 3 rings (SSSR count). The molecule has 1 saturated carbocycles. The molecule has 1 unspecified atom stereocenters. The van der Waals surface area contributed by atoms with E-state index in [1.165, 1.54) is 24.3 Å². The van der Waals surface area contributed by atoms with Crippen LogP contribution in [0, 0.1) is 5.82 Å². The van der Waals surface area contributed by atoms with E-state index in [0.717, 1.165) is 12.8 Å². The van der Waals surface area contributed by atoms with Crippen LogP contribution in [0.25, 0.3) is 0 Å². The average molecular weight is 297 g/mol. The Bertz CT molecular complexity index is 622. The van der Waals surface area contributed by atoms with Crippen molar-refractivity contribution in [2.24, 2.45) is 0 Å². The number of hydrogen-bond acceptors (Lipinski definition) is 3. The van der Waals surface area contributed by atoms with Gasteiger partial charge in [0, 0.05) is 17.6 Å². The van der Waals surface area contributed by atoms with E-state index >= 15 is 0 Å². The molecule has 1 aliphatic heterocycles. The molecule has 1 aromatic rings. The summed E-state index contributed by atoms with van der Waals surface area (Å²) in [5.41, 5.74) is 0.419. The normalized spacial score (nSPS) is 24.6. The van der Waals surface area contributed by atoms with Crippen molar-refractivity contribution in [2.45, 2.75) is 31.3 Å². The van der Waals surface area contributed by atoms with Gasteiger partial charge in [-0.2, -0.15) is 0 Å². The number of carbonyl (C=O) groups is 1. The summed E-state index contributed by atoms with van der Waals surface area (Å²) >= 11 is 0. The predicted molar refractivity (Wildman–Crippen MR) is 72.7 cm³/mol. The quantitative estimate of drug-likeness (QED) is 0.852.